The molecular formula is C68H72BN3. The van der Waals surface area contributed by atoms with Gasteiger partial charge in [-0.1, -0.05) is 187 Å². The van der Waals surface area contributed by atoms with Crippen molar-refractivity contribution in [3.8, 4) is 11.1 Å². The highest BCUT2D eigenvalue weighted by Crippen LogP contribution is 2.54. The quantitative estimate of drug-likeness (QED) is 0.154. The Balaban J connectivity index is 1.29. The lowest BCUT2D eigenvalue weighted by atomic mass is 9.33. The van der Waals surface area contributed by atoms with Gasteiger partial charge in [-0.2, -0.15) is 0 Å². The van der Waals surface area contributed by atoms with E-state index in [2.05, 4.69) is 281 Å². The molecule has 3 aliphatic rings. The summed E-state index contributed by atoms with van der Waals surface area (Å²) in [5.74, 6) is 0. The van der Waals surface area contributed by atoms with Gasteiger partial charge in [0.1, 0.15) is 0 Å². The number of nitrogens with zero attached hydrogens (tertiary/aromatic N) is 3. The van der Waals surface area contributed by atoms with Gasteiger partial charge in [-0.25, -0.2) is 0 Å². The van der Waals surface area contributed by atoms with Crippen molar-refractivity contribution in [3.05, 3.63) is 203 Å². The number of aryl methyl sites for hydroxylation is 1. The van der Waals surface area contributed by atoms with Crippen LogP contribution in [-0.2, 0) is 27.1 Å². The summed E-state index contributed by atoms with van der Waals surface area (Å²) in [6.07, 6.45) is 1.09. The third-order valence-corrected chi connectivity index (χ3v) is 16.2. The lowest BCUT2D eigenvalue weighted by Crippen LogP contribution is -2.61. The molecule has 0 bridgehead atoms. The van der Waals surface area contributed by atoms with E-state index < -0.39 is 0 Å². The maximum atomic E-state index is 2.69. The van der Waals surface area contributed by atoms with E-state index in [0.717, 1.165) is 23.5 Å². The summed E-state index contributed by atoms with van der Waals surface area (Å²) in [4.78, 5) is 7.75. The zero-order valence-electron chi connectivity index (χ0n) is 45.3. The van der Waals surface area contributed by atoms with Crippen LogP contribution >= 0.6 is 0 Å². The van der Waals surface area contributed by atoms with Crippen LogP contribution in [0.3, 0.4) is 0 Å². The smallest absolute Gasteiger partial charge is 0.252 e. The highest BCUT2D eigenvalue weighted by atomic mass is 15.2. The van der Waals surface area contributed by atoms with Gasteiger partial charge in [0.2, 0.25) is 0 Å². The summed E-state index contributed by atoms with van der Waals surface area (Å²) in [5.41, 5.74) is 25.3. The van der Waals surface area contributed by atoms with Crippen molar-refractivity contribution in [1.82, 2.24) is 0 Å². The Labute approximate surface area is 431 Å². The van der Waals surface area contributed by atoms with Crippen molar-refractivity contribution in [2.75, 3.05) is 14.7 Å². The molecule has 0 aromatic heterocycles. The number of hydrogen-bond acceptors (Lipinski definition) is 3. The zero-order chi connectivity index (χ0) is 50.9. The molecule has 8 aromatic carbocycles. The van der Waals surface area contributed by atoms with Gasteiger partial charge >= 0.3 is 0 Å². The number of rotatable bonds is 6. The molecule has 0 saturated heterocycles. The zero-order valence-corrected chi connectivity index (χ0v) is 45.3. The average Bonchev–Trinajstić information content (AvgIpc) is 3.52. The van der Waals surface area contributed by atoms with E-state index in [1.807, 2.05) is 0 Å². The predicted molar refractivity (Wildman–Crippen MR) is 312 cm³/mol. The molecule has 0 N–H and O–H groups in total. The van der Waals surface area contributed by atoms with E-state index in [1.165, 1.54) is 95.0 Å². The molecule has 0 amide bonds. The van der Waals surface area contributed by atoms with Crippen molar-refractivity contribution >= 4 is 74.3 Å². The molecule has 0 saturated carbocycles. The Bertz CT molecular complexity index is 3360. The van der Waals surface area contributed by atoms with Crippen LogP contribution in [0.2, 0.25) is 0 Å². The van der Waals surface area contributed by atoms with E-state index in [9.17, 15) is 0 Å². The minimum Gasteiger partial charge on any atom is -0.311 e. The summed E-state index contributed by atoms with van der Waals surface area (Å²) in [5, 5.41) is 0. The number of benzene rings is 8. The van der Waals surface area contributed by atoms with Crippen LogP contribution in [0.15, 0.2) is 170 Å². The van der Waals surface area contributed by atoms with Crippen molar-refractivity contribution in [2.24, 2.45) is 0 Å². The van der Waals surface area contributed by atoms with Gasteiger partial charge in [0.15, 0.2) is 0 Å². The molecule has 2 heterocycles. The summed E-state index contributed by atoms with van der Waals surface area (Å²) in [6, 6.07) is 65.1. The minimum atomic E-state index is -0.161. The summed E-state index contributed by atoms with van der Waals surface area (Å²) in [6.45, 7) is 33.3. The standard InChI is InChI=1S/C68H72BN3/c1-44-36-46(64(2,3)4)30-34-57(44)71-59-40-51(70(49-26-20-16-21-27-49)50-28-22-17-23-29-50)32-33-55(59)69-56-41-53-54(68(13,14)43-67(53,11)12)42-60(56)72(62-39-48(66(8,9)10)38-61(71)63(62)69)58-35-31-47(65(5,6)7)37-52(58)45-24-18-15-19-25-45/h15-42H,43H2,1-14H3. The number of fused-ring (bicyclic) bond motifs is 5. The first-order chi connectivity index (χ1) is 34.0. The second kappa shape index (κ2) is 16.6. The Morgan fingerprint density at radius 3 is 1.44 bits per heavy atom. The highest BCUT2D eigenvalue weighted by molar-refractivity contribution is 7.00. The van der Waals surface area contributed by atoms with Gasteiger partial charge in [0.05, 0.1) is 5.69 Å². The van der Waals surface area contributed by atoms with E-state index in [4.69, 9.17) is 0 Å². The molecule has 4 heteroatoms. The van der Waals surface area contributed by atoms with Gasteiger partial charge in [-0.15, -0.1) is 0 Å². The van der Waals surface area contributed by atoms with Gasteiger partial charge in [0.25, 0.3) is 6.71 Å². The van der Waals surface area contributed by atoms with Crippen LogP contribution in [0.4, 0.5) is 51.2 Å². The van der Waals surface area contributed by atoms with Crippen LogP contribution < -0.4 is 31.1 Å². The van der Waals surface area contributed by atoms with Gasteiger partial charge in [-0.3, -0.25) is 0 Å². The second-order valence-electron chi connectivity index (χ2n) is 25.5. The van der Waals surface area contributed by atoms with Crippen LogP contribution in [0.1, 0.15) is 130 Å². The average molecular weight is 942 g/mol. The maximum absolute atomic E-state index is 2.69. The Hall–Kier alpha value is -6.78. The Kier molecular flexibility index (Phi) is 11.0. The minimum absolute atomic E-state index is 0.00182. The fourth-order valence-corrected chi connectivity index (χ4v) is 12.6. The molecule has 0 radical (unpaired) electrons. The molecule has 72 heavy (non-hydrogen) atoms. The molecule has 1 aliphatic carbocycles. The highest BCUT2D eigenvalue weighted by Gasteiger charge is 2.49. The SMILES string of the molecule is Cc1cc(C(C)(C)C)ccc1N1c2cc(N(c3ccccc3)c3ccccc3)ccc2B2c3cc4c(cc3N(c3ccc(C(C)(C)C)cc3-c3ccccc3)c3cc(C(C)(C)C)cc1c32)C(C)(C)CC4(C)C. The molecule has 11 rings (SSSR count). The topological polar surface area (TPSA) is 9.72 Å². The number of anilines is 9. The Morgan fingerprint density at radius 1 is 0.417 bits per heavy atom. The van der Waals surface area contributed by atoms with Crippen molar-refractivity contribution in [2.45, 2.75) is 130 Å². The number of para-hydroxylation sites is 2. The maximum Gasteiger partial charge on any atom is 0.252 e. The first-order valence-corrected chi connectivity index (χ1v) is 26.3. The fraction of sp³-hybridized carbons (Fsp3) is 0.294. The van der Waals surface area contributed by atoms with Crippen LogP contribution in [0, 0.1) is 6.92 Å². The second-order valence-corrected chi connectivity index (χ2v) is 25.5. The molecule has 0 unspecified atom stereocenters. The summed E-state index contributed by atoms with van der Waals surface area (Å²) < 4.78 is 0. The van der Waals surface area contributed by atoms with E-state index in [0.29, 0.717) is 0 Å². The van der Waals surface area contributed by atoms with Crippen LogP contribution in [-0.4, -0.2) is 6.71 Å². The summed E-state index contributed by atoms with van der Waals surface area (Å²) in [7, 11) is 0. The first kappa shape index (κ1) is 47.5. The molecule has 0 spiro atoms. The molecular weight excluding hydrogens is 870 g/mol. The number of hydrogen-bond donors (Lipinski definition) is 0. The molecule has 362 valence electrons. The fourth-order valence-electron chi connectivity index (χ4n) is 12.6. The van der Waals surface area contributed by atoms with E-state index >= 15 is 0 Å². The molecule has 3 nitrogen and oxygen atoms in total. The van der Waals surface area contributed by atoms with Crippen molar-refractivity contribution < 1.29 is 0 Å². The molecule has 8 aromatic rings. The lowest BCUT2D eigenvalue weighted by Gasteiger charge is -2.46. The molecule has 0 atom stereocenters. The third-order valence-electron chi connectivity index (χ3n) is 16.2. The van der Waals surface area contributed by atoms with Crippen LogP contribution in [0.5, 0.6) is 0 Å². The van der Waals surface area contributed by atoms with Gasteiger partial charge in [-0.05, 0) is 169 Å². The van der Waals surface area contributed by atoms with Crippen molar-refractivity contribution in [3.63, 3.8) is 0 Å². The summed E-state index contributed by atoms with van der Waals surface area (Å²) >= 11 is 0. The van der Waals surface area contributed by atoms with Crippen LogP contribution in [0.25, 0.3) is 11.1 Å². The predicted octanol–water partition coefficient (Wildman–Crippen LogP) is 17.1. The normalized spacial score (nSPS) is 15.4. The molecule has 0 fully saturated rings. The third kappa shape index (κ3) is 7.88. The van der Waals surface area contributed by atoms with Crippen molar-refractivity contribution in [1.29, 1.82) is 0 Å². The molecule has 2 aliphatic heterocycles. The Morgan fingerprint density at radius 2 is 0.903 bits per heavy atom. The lowest BCUT2D eigenvalue weighted by molar-refractivity contribution is 0.403. The van der Waals surface area contributed by atoms with E-state index in [-0.39, 0.29) is 33.8 Å². The van der Waals surface area contributed by atoms with Gasteiger partial charge in [0, 0.05) is 51.1 Å². The van der Waals surface area contributed by atoms with Gasteiger partial charge < -0.3 is 14.7 Å². The monoisotopic (exact) mass is 942 g/mol. The largest absolute Gasteiger partial charge is 0.311 e. The first-order valence-electron chi connectivity index (χ1n) is 26.3. The van der Waals surface area contributed by atoms with E-state index in [1.54, 1.807) is 0 Å².